The van der Waals surface area contributed by atoms with Gasteiger partial charge in [-0.1, -0.05) is 56.4 Å². The van der Waals surface area contributed by atoms with Crippen LogP contribution in [0, 0.1) is 5.41 Å². The first kappa shape index (κ1) is 25.4. The van der Waals surface area contributed by atoms with Crippen LogP contribution in [-0.2, 0) is 9.05 Å². The second kappa shape index (κ2) is 14.2. The molecule has 0 radical (unpaired) electrons. The molecule has 0 bridgehead atoms. The molecular weight excluding hydrogens is 403 g/mol. The second-order valence-corrected chi connectivity index (χ2v) is 9.65. The van der Waals surface area contributed by atoms with Crippen molar-refractivity contribution in [2.75, 3.05) is 31.2 Å². The highest BCUT2D eigenvalue weighted by Gasteiger charge is 2.26. The van der Waals surface area contributed by atoms with E-state index in [-0.39, 0.29) is 5.41 Å². The monoisotopic (exact) mass is 442 g/mol. The first-order valence-electron chi connectivity index (χ1n) is 11.4. The Balaban J connectivity index is 1.84. The topological polar surface area (TPSA) is 42.5 Å². The number of benzene rings is 1. The minimum atomic E-state index is -0.796. The van der Waals surface area contributed by atoms with Crippen LogP contribution in [0.25, 0.3) is 0 Å². The molecule has 1 aromatic carbocycles. The molecule has 170 valence electrons. The van der Waals surface area contributed by atoms with E-state index in [1.807, 2.05) is 38.2 Å². The molecule has 0 heterocycles. The van der Waals surface area contributed by atoms with Crippen molar-refractivity contribution in [3.05, 3.63) is 78.2 Å². The first-order valence-corrected chi connectivity index (χ1v) is 12.7. The van der Waals surface area contributed by atoms with Crippen LogP contribution in [-0.4, -0.2) is 25.9 Å². The van der Waals surface area contributed by atoms with Crippen molar-refractivity contribution in [2.45, 2.75) is 47.0 Å². The van der Waals surface area contributed by atoms with Gasteiger partial charge in [0.15, 0.2) is 8.38 Å². The third kappa shape index (κ3) is 9.43. The maximum absolute atomic E-state index is 5.73. The first-order chi connectivity index (χ1) is 15.1. The molecule has 4 nitrogen and oxygen atoms in total. The summed E-state index contributed by atoms with van der Waals surface area (Å²) < 4.78 is 11.5. The Morgan fingerprint density at radius 2 is 1.71 bits per heavy atom. The van der Waals surface area contributed by atoms with Gasteiger partial charge in [-0.05, 0) is 62.3 Å². The smallest absolute Gasteiger partial charge is 0.172 e. The molecule has 2 N–H and O–H groups in total. The third-order valence-corrected chi connectivity index (χ3v) is 6.72. The summed E-state index contributed by atoms with van der Waals surface area (Å²) in [5, 5.41) is 6.94. The predicted molar refractivity (Wildman–Crippen MR) is 135 cm³/mol. The van der Waals surface area contributed by atoms with E-state index < -0.39 is 8.38 Å². The molecule has 2 rings (SSSR count). The summed E-state index contributed by atoms with van der Waals surface area (Å²) in [5.74, 6) is 0. The fourth-order valence-corrected chi connectivity index (χ4v) is 4.71. The summed E-state index contributed by atoms with van der Waals surface area (Å²) in [6, 6.07) is 10.2. The van der Waals surface area contributed by atoms with Crippen molar-refractivity contribution in [2.24, 2.45) is 5.41 Å². The molecular formula is C26H39N2O2P. The van der Waals surface area contributed by atoms with E-state index in [0.717, 1.165) is 37.7 Å². The van der Waals surface area contributed by atoms with E-state index in [9.17, 15) is 0 Å². The maximum atomic E-state index is 5.73. The molecule has 0 amide bonds. The zero-order valence-corrected chi connectivity index (χ0v) is 20.5. The number of hydrogen-bond acceptors (Lipinski definition) is 4. The van der Waals surface area contributed by atoms with Crippen molar-refractivity contribution in [1.82, 2.24) is 5.32 Å². The van der Waals surface area contributed by atoms with Crippen LogP contribution in [0.15, 0.2) is 78.2 Å². The summed E-state index contributed by atoms with van der Waals surface area (Å²) in [7, 11) is -0.796. The zero-order valence-electron chi connectivity index (χ0n) is 19.6. The molecule has 0 saturated heterocycles. The van der Waals surface area contributed by atoms with Crippen LogP contribution in [0.2, 0.25) is 0 Å². The highest BCUT2D eigenvalue weighted by atomic mass is 31.2. The van der Waals surface area contributed by atoms with Crippen molar-refractivity contribution in [3.8, 4) is 0 Å². The van der Waals surface area contributed by atoms with Crippen LogP contribution in [0.4, 0.5) is 5.69 Å². The van der Waals surface area contributed by atoms with Gasteiger partial charge in [0.25, 0.3) is 0 Å². The Morgan fingerprint density at radius 1 is 1.00 bits per heavy atom. The largest absolute Gasteiger partial charge is 0.385 e. The average Bonchev–Trinajstić information content (AvgIpc) is 2.77. The lowest BCUT2D eigenvalue weighted by atomic mass is 9.77. The SMILES string of the molecule is CCOP(CCNC1=CCCC=C1C(C)(C)C/C=C/C=C/Nc1ccccc1)OCC. The van der Waals surface area contributed by atoms with Gasteiger partial charge in [0, 0.05) is 30.3 Å². The summed E-state index contributed by atoms with van der Waals surface area (Å²) >= 11 is 0. The predicted octanol–water partition coefficient (Wildman–Crippen LogP) is 7.16. The number of para-hydroxylation sites is 1. The lowest BCUT2D eigenvalue weighted by Crippen LogP contribution is -2.27. The van der Waals surface area contributed by atoms with Gasteiger partial charge in [-0.3, -0.25) is 0 Å². The minimum Gasteiger partial charge on any atom is -0.385 e. The average molecular weight is 443 g/mol. The molecule has 0 fully saturated rings. The Morgan fingerprint density at radius 3 is 2.42 bits per heavy atom. The molecule has 0 spiro atoms. The molecule has 0 aliphatic heterocycles. The summed E-state index contributed by atoms with van der Waals surface area (Å²) in [6.07, 6.45) is 17.2. The van der Waals surface area contributed by atoms with Crippen molar-refractivity contribution < 1.29 is 9.05 Å². The van der Waals surface area contributed by atoms with Crippen LogP contribution in [0.3, 0.4) is 0 Å². The number of allylic oxidation sites excluding steroid dienone is 6. The van der Waals surface area contributed by atoms with Gasteiger partial charge in [-0.25, -0.2) is 0 Å². The third-order valence-electron chi connectivity index (χ3n) is 5.03. The molecule has 1 aliphatic rings. The molecule has 31 heavy (non-hydrogen) atoms. The van der Waals surface area contributed by atoms with E-state index in [1.54, 1.807) is 0 Å². The normalized spacial score (nSPS) is 14.9. The number of hydrogen-bond donors (Lipinski definition) is 2. The fraction of sp³-hybridized carbons (Fsp3) is 0.462. The Labute approximate surface area is 190 Å². The maximum Gasteiger partial charge on any atom is 0.172 e. The Hall–Kier alpha value is -1.87. The fourth-order valence-electron chi connectivity index (χ4n) is 3.51. The Bertz CT molecular complexity index is 748. The van der Waals surface area contributed by atoms with Crippen LogP contribution in [0.5, 0.6) is 0 Å². The summed E-state index contributed by atoms with van der Waals surface area (Å²) in [6.45, 7) is 11.0. The minimum absolute atomic E-state index is 0.0705. The van der Waals surface area contributed by atoms with E-state index in [1.165, 1.54) is 11.3 Å². The van der Waals surface area contributed by atoms with Crippen LogP contribution >= 0.6 is 8.38 Å². The number of anilines is 1. The van der Waals surface area contributed by atoms with Crippen LogP contribution < -0.4 is 10.6 Å². The molecule has 1 aliphatic carbocycles. The van der Waals surface area contributed by atoms with Gasteiger partial charge in [0.1, 0.15) is 0 Å². The van der Waals surface area contributed by atoms with Gasteiger partial charge >= 0.3 is 0 Å². The highest BCUT2D eigenvalue weighted by molar-refractivity contribution is 7.47. The van der Waals surface area contributed by atoms with Crippen molar-refractivity contribution in [3.63, 3.8) is 0 Å². The van der Waals surface area contributed by atoms with E-state index in [2.05, 4.69) is 67.0 Å². The van der Waals surface area contributed by atoms with Gasteiger partial charge in [0.05, 0.1) is 13.2 Å². The lowest BCUT2D eigenvalue weighted by molar-refractivity contribution is 0.269. The van der Waals surface area contributed by atoms with Crippen LogP contribution in [0.1, 0.15) is 47.0 Å². The molecule has 0 atom stereocenters. The molecule has 0 unspecified atom stereocenters. The van der Waals surface area contributed by atoms with E-state index in [0.29, 0.717) is 13.2 Å². The van der Waals surface area contributed by atoms with Gasteiger partial charge in [-0.15, -0.1) is 0 Å². The Kier molecular flexibility index (Phi) is 11.7. The van der Waals surface area contributed by atoms with Gasteiger partial charge < -0.3 is 19.7 Å². The molecule has 0 aromatic heterocycles. The van der Waals surface area contributed by atoms with Gasteiger partial charge in [0.2, 0.25) is 0 Å². The van der Waals surface area contributed by atoms with Crippen molar-refractivity contribution in [1.29, 1.82) is 0 Å². The van der Waals surface area contributed by atoms with Gasteiger partial charge in [-0.2, -0.15) is 0 Å². The zero-order chi connectivity index (χ0) is 22.4. The lowest BCUT2D eigenvalue weighted by Gasteiger charge is -2.31. The summed E-state index contributed by atoms with van der Waals surface area (Å²) in [5.41, 5.74) is 3.85. The number of rotatable bonds is 14. The van der Waals surface area contributed by atoms with E-state index in [4.69, 9.17) is 9.05 Å². The molecule has 1 aromatic rings. The second-order valence-electron chi connectivity index (χ2n) is 8.02. The standard InChI is InChI=1S/C26H39N2O2P/c1-5-29-31(30-6-2)22-21-28-25-18-12-11-17-24(25)26(3,4)19-13-8-14-20-27-23-15-9-7-10-16-23/h7-10,13-18,20,27-28H,5-6,11-12,19,21-22H2,1-4H3/b13-8+,20-14+. The number of nitrogens with one attached hydrogen (secondary N) is 2. The quantitative estimate of drug-likeness (QED) is 0.237. The molecule has 5 heteroatoms. The van der Waals surface area contributed by atoms with E-state index >= 15 is 0 Å². The molecule has 0 saturated carbocycles. The van der Waals surface area contributed by atoms with Crippen molar-refractivity contribution >= 4 is 14.1 Å². The highest BCUT2D eigenvalue weighted by Crippen LogP contribution is 2.39. The summed E-state index contributed by atoms with van der Waals surface area (Å²) in [4.78, 5) is 0.